The number of benzene rings is 2. The first-order valence-corrected chi connectivity index (χ1v) is 10.0. The lowest BCUT2D eigenvalue weighted by Gasteiger charge is -2.24. The number of rotatable bonds is 5. The van der Waals surface area contributed by atoms with E-state index in [0.717, 1.165) is 11.1 Å². The van der Waals surface area contributed by atoms with Gasteiger partial charge in [0.1, 0.15) is 17.6 Å². The van der Waals surface area contributed by atoms with E-state index in [-0.39, 0.29) is 18.2 Å². The number of amides is 2. The van der Waals surface area contributed by atoms with Gasteiger partial charge in [-0.25, -0.2) is 9.59 Å². The Kier molecular flexibility index (Phi) is 5.84. The first kappa shape index (κ1) is 19.8. The minimum absolute atomic E-state index is 0.137. The van der Waals surface area contributed by atoms with Gasteiger partial charge in [0.2, 0.25) is 0 Å². The number of likely N-dealkylation sites (tertiary alicyclic amines) is 1. The summed E-state index contributed by atoms with van der Waals surface area (Å²) in [5.74, 6) is 0.973. The Bertz CT molecular complexity index is 1010. The molecule has 154 valence electrons. The first-order chi connectivity index (χ1) is 14.6. The average molecular weight is 404 g/mol. The number of carbonyl (C=O) groups excluding carboxylic acids is 1. The Morgan fingerprint density at radius 1 is 1.07 bits per heavy atom. The average Bonchev–Trinajstić information content (AvgIpc) is 3.21. The molecule has 3 aromatic rings. The van der Waals surface area contributed by atoms with Gasteiger partial charge in [-0.05, 0) is 18.1 Å². The molecule has 1 unspecified atom stereocenters. The Morgan fingerprint density at radius 3 is 2.30 bits per heavy atom. The molecule has 6 heteroatoms. The van der Waals surface area contributed by atoms with Crippen LogP contribution in [-0.4, -0.2) is 30.1 Å². The summed E-state index contributed by atoms with van der Waals surface area (Å²) >= 11 is 0. The van der Waals surface area contributed by atoms with E-state index in [1.54, 1.807) is 17.9 Å². The highest BCUT2D eigenvalue weighted by Gasteiger charge is 2.29. The van der Waals surface area contributed by atoms with Crippen molar-refractivity contribution < 1.29 is 13.9 Å². The monoisotopic (exact) mass is 404 g/mol. The minimum atomic E-state index is -0.439. The predicted octanol–water partition coefficient (Wildman–Crippen LogP) is 3.90. The van der Waals surface area contributed by atoms with Crippen molar-refractivity contribution in [2.75, 3.05) is 13.1 Å². The maximum Gasteiger partial charge on any atom is 0.339 e. The van der Waals surface area contributed by atoms with E-state index in [1.807, 2.05) is 60.7 Å². The van der Waals surface area contributed by atoms with Crippen molar-refractivity contribution in [1.82, 2.24) is 10.2 Å². The van der Waals surface area contributed by atoms with E-state index in [4.69, 9.17) is 9.15 Å². The molecule has 2 heterocycles. The third-order valence-corrected chi connectivity index (χ3v) is 5.14. The number of aryl methyl sites for hydroxylation is 1. The van der Waals surface area contributed by atoms with Crippen LogP contribution in [0.5, 0.6) is 5.75 Å². The quantitative estimate of drug-likeness (QED) is 0.700. The summed E-state index contributed by atoms with van der Waals surface area (Å²) in [6.07, 6.45) is 0.539. The summed E-state index contributed by atoms with van der Waals surface area (Å²) < 4.78 is 10.9. The van der Waals surface area contributed by atoms with Crippen molar-refractivity contribution in [3.63, 3.8) is 0 Å². The second-order valence-electron chi connectivity index (χ2n) is 7.40. The first-order valence-electron chi connectivity index (χ1n) is 10.0. The molecule has 1 aromatic heterocycles. The van der Waals surface area contributed by atoms with E-state index < -0.39 is 5.63 Å². The maximum absolute atomic E-state index is 13.0. The van der Waals surface area contributed by atoms with Crippen LogP contribution in [-0.2, 0) is 0 Å². The highest BCUT2D eigenvalue weighted by atomic mass is 16.5. The summed E-state index contributed by atoms with van der Waals surface area (Å²) in [7, 11) is 0. The normalized spacial score (nSPS) is 15.9. The van der Waals surface area contributed by atoms with Crippen LogP contribution in [0.15, 0.2) is 82.0 Å². The molecule has 4 rings (SSSR count). The summed E-state index contributed by atoms with van der Waals surface area (Å²) in [5.41, 5.74) is 1.61. The van der Waals surface area contributed by atoms with Gasteiger partial charge >= 0.3 is 11.7 Å². The van der Waals surface area contributed by atoms with Crippen molar-refractivity contribution in [2.24, 2.45) is 0 Å². The van der Waals surface area contributed by atoms with Crippen molar-refractivity contribution >= 4 is 6.03 Å². The van der Waals surface area contributed by atoms with Crippen molar-refractivity contribution in [1.29, 1.82) is 0 Å². The third-order valence-electron chi connectivity index (χ3n) is 5.14. The lowest BCUT2D eigenvalue weighted by molar-refractivity contribution is 0.184. The molecule has 1 fully saturated rings. The molecule has 1 N–H and O–H groups in total. The summed E-state index contributed by atoms with van der Waals surface area (Å²) in [6.45, 7) is 2.75. The summed E-state index contributed by atoms with van der Waals surface area (Å²) in [5, 5.41) is 3.16. The Labute approximate surface area is 175 Å². The topological polar surface area (TPSA) is 71.8 Å². The molecule has 0 aliphatic carbocycles. The Hall–Kier alpha value is -3.54. The highest BCUT2D eigenvalue weighted by molar-refractivity contribution is 5.75. The van der Waals surface area contributed by atoms with Crippen LogP contribution >= 0.6 is 0 Å². The molecule has 1 aliphatic rings. The molecule has 1 atom stereocenters. The zero-order valence-corrected chi connectivity index (χ0v) is 16.8. The number of ether oxygens (including phenoxy) is 1. The van der Waals surface area contributed by atoms with Gasteiger partial charge in [-0.2, -0.15) is 0 Å². The van der Waals surface area contributed by atoms with Crippen LogP contribution in [0.2, 0.25) is 0 Å². The fourth-order valence-corrected chi connectivity index (χ4v) is 3.71. The zero-order valence-electron chi connectivity index (χ0n) is 16.8. The number of hydrogen-bond donors (Lipinski definition) is 1. The number of hydrogen-bond acceptors (Lipinski definition) is 4. The van der Waals surface area contributed by atoms with Gasteiger partial charge < -0.3 is 19.4 Å². The van der Waals surface area contributed by atoms with Gasteiger partial charge in [0.15, 0.2) is 0 Å². The van der Waals surface area contributed by atoms with Gasteiger partial charge in [0.25, 0.3) is 0 Å². The van der Waals surface area contributed by atoms with Crippen molar-refractivity contribution in [3.05, 3.63) is 100 Å². The molecule has 1 saturated heterocycles. The van der Waals surface area contributed by atoms with Gasteiger partial charge in [0.05, 0.1) is 18.7 Å². The van der Waals surface area contributed by atoms with E-state index in [2.05, 4.69) is 5.32 Å². The van der Waals surface area contributed by atoms with Crippen LogP contribution in [0.4, 0.5) is 4.79 Å². The molecular weight excluding hydrogens is 380 g/mol. The SMILES string of the molecule is Cc1cc(OC2CCN(C(=O)NC(c3ccccc3)c3ccccc3)C2)cc(=O)o1. The minimum Gasteiger partial charge on any atom is -0.488 e. The molecule has 2 amide bonds. The Morgan fingerprint density at radius 2 is 1.70 bits per heavy atom. The number of urea groups is 1. The van der Waals surface area contributed by atoms with Crippen LogP contribution in [0, 0.1) is 6.92 Å². The molecule has 0 bridgehead atoms. The third kappa shape index (κ3) is 4.71. The van der Waals surface area contributed by atoms with Crippen LogP contribution in [0.3, 0.4) is 0 Å². The van der Waals surface area contributed by atoms with Gasteiger partial charge in [0, 0.05) is 19.0 Å². The van der Waals surface area contributed by atoms with Crippen molar-refractivity contribution in [3.8, 4) is 5.75 Å². The van der Waals surface area contributed by atoms with E-state index in [9.17, 15) is 9.59 Å². The van der Waals surface area contributed by atoms with E-state index >= 15 is 0 Å². The maximum atomic E-state index is 13.0. The highest BCUT2D eigenvalue weighted by Crippen LogP contribution is 2.23. The molecular formula is C24H24N2O4. The molecule has 1 aliphatic heterocycles. The number of carbonyl (C=O) groups is 1. The predicted molar refractivity (Wildman–Crippen MR) is 114 cm³/mol. The molecule has 0 saturated carbocycles. The molecule has 0 radical (unpaired) electrons. The van der Waals surface area contributed by atoms with Crippen molar-refractivity contribution in [2.45, 2.75) is 25.5 Å². The van der Waals surface area contributed by atoms with E-state index in [1.165, 1.54) is 6.07 Å². The van der Waals surface area contributed by atoms with E-state index in [0.29, 0.717) is 31.0 Å². The van der Waals surface area contributed by atoms with Gasteiger partial charge in [-0.1, -0.05) is 60.7 Å². The molecule has 6 nitrogen and oxygen atoms in total. The second-order valence-corrected chi connectivity index (χ2v) is 7.40. The second kappa shape index (κ2) is 8.86. The lowest BCUT2D eigenvalue weighted by atomic mass is 9.99. The van der Waals surface area contributed by atoms with Gasteiger partial charge in [-0.3, -0.25) is 0 Å². The van der Waals surface area contributed by atoms with Crippen LogP contribution < -0.4 is 15.7 Å². The lowest BCUT2D eigenvalue weighted by Crippen LogP contribution is -2.41. The number of nitrogens with one attached hydrogen (secondary N) is 1. The Balaban J connectivity index is 1.44. The smallest absolute Gasteiger partial charge is 0.339 e. The standard InChI is InChI=1S/C24H24N2O4/c1-17-14-21(15-22(27)29-17)30-20-12-13-26(16-20)24(28)25-23(18-8-4-2-5-9-18)19-10-6-3-7-11-19/h2-11,14-15,20,23H,12-13,16H2,1H3,(H,25,28). The van der Waals surface area contributed by atoms with Crippen LogP contribution in [0.1, 0.15) is 29.3 Å². The molecule has 0 spiro atoms. The summed E-state index contributed by atoms with van der Waals surface area (Å²) in [4.78, 5) is 26.3. The number of nitrogens with zero attached hydrogens (tertiary/aromatic N) is 1. The fourth-order valence-electron chi connectivity index (χ4n) is 3.71. The molecule has 30 heavy (non-hydrogen) atoms. The molecule has 2 aromatic carbocycles. The summed E-state index contributed by atoms with van der Waals surface area (Å²) in [6, 6.07) is 22.5. The van der Waals surface area contributed by atoms with Crippen LogP contribution in [0.25, 0.3) is 0 Å². The fraction of sp³-hybridized carbons (Fsp3) is 0.250. The zero-order chi connectivity index (χ0) is 20.9. The largest absolute Gasteiger partial charge is 0.488 e. The van der Waals surface area contributed by atoms with Gasteiger partial charge in [-0.15, -0.1) is 0 Å².